The van der Waals surface area contributed by atoms with E-state index in [9.17, 15) is 14.0 Å². The highest BCUT2D eigenvalue weighted by Crippen LogP contribution is 2.42. The van der Waals surface area contributed by atoms with E-state index in [0.717, 1.165) is 6.42 Å². The Morgan fingerprint density at radius 2 is 1.84 bits per heavy atom. The van der Waals surface area contributed by atoms with Crippen LogP contribution in [0, 0.1) is 23.6 Å². The Labute approximate surface area is 217 Å². The molecule has 1 N–H and O–H groups in total. The number of rotatable bonds is 13. The van der Waals surface area contributed by atoms with E-state index in [1.165, 1.54) is 19.6 Å². The zero-order valence-electron chi connectivity index (χ0n) is 21.9. The van der Waals surface area contributed by atoms with Crippen molar-refractivity contribution in [3.8, 4) is 11.5 Å². The number of benzene rings is 2. The number of halogens is 1. The fraction of sp³-hybridized carbons (Fsp3) is 0.517. The maximum atomic E-state index is 14.5. The first-order valence-electron chi connectivity index (χ1n) is 12.8. The molecule has 6 atom stereocenters. The molecule has 2 aromatic carbocycles. The quantitative estimate of drug-likeness (QED) is 0.404. The Kier molecular flexibility index (Phi) is 8.82. The van der Waals surface area contributed by atoms with Crippen molar-refractivity contribution in [2.45, 2.75) is 57.4 Å². The molecule has 0 amide bonds. The Morgan fingerprint density at radius 3 is 2.49 bits per heavy atom. The van der Waals surface area contributed by atoms with Gasteiger partial charge in [0, 0.05) is 43.2 Å². The molecule has 2 fully saturated rings. The monoisotopic (exact) mass is 513 g/mol. The summed E-state index contributed by atoms with van der Waals surface area (Å²) in [5.74, 6) is -0.523. The summed E-state index contributed by atoms with van der Waals surface area (Å²) in [5, 5.41) is 3.56. The minimum Gasteiger partial charge on any atom is -0.497 e. The van der Waals surface area contributed by atoms with E-state index >= 15 is 0 Å². The van der Waals surface area contributed by atoms with Gasteiger partial charge in [-0.05, 0) is 48.9 Å². The highest BCUT2D eigenvalue weighted by molar-refractivity contribution is 5.86. The summed E-state index contributed by atoms with van der Waals surface area (Å²) in [6.07, 6.45) is 1.89. The van der Waals surface area contributed by atoms with Gasteiger partial charge in [0.2, 0.25) is 0 Å². The van der Waals surface area contributed by atoms with Crippen LogP contribution in [0.2, 0.25) is 0 Å². The molecule has 0 unspecified atom stereocenters. The van der Waals surface area contributed by atoms with Crippen LogP contribution in [0.5, 0.6) is 11.5 Å². The fourth-order valence-corrected chi connectivity index (χ4v) is 5.35. The van der Waals surface area contributed by atoms with Crippen molar-refractivity contribution < 1.29 is 32.9 Å². The number of piperidine rings is 1. The van der Waals surface area contributed by atoms with Crippen LogP contribution in [0.3, 0.4) is 0 Å². The number of esters is 1. The number of ketones is 1. The van der Waals surface area contributed by atoms with Crippen molar-refractivity contribution in [2.75, 3.05) is 21.3 Å². The van der Waals surface area contributed by atoms with Crippen LogP contribution >= 0.6 is 0 Å². The minimum atomic E-state index is -0.835. The highest BCUT2D eigenvalue weighted by atomic mass is 19.1. The van der Waals surface area contributed by atoms with Gasteiger partial charge in [0.1, 0.15) is 29.7 Å². The topological polar surface area (TPSA) is 83.1 Å². The highest BCUT2D eigenvalue weighted by Gasteiger charge is 2.49. The first kappa shape index (κ1) is 27.1. The summed E-state index contributed by atoms with van der Waals surface area (Å²) < 4.78 is 36.4. The molecule has 2 aromatic rings. The van der Waals surface area contributed by atoms with Gasteiger partial charge in [0.05, 0.1) is 26.2 Å². The number of nitrogens with one attached hydrogen (secondary N) is 1. The first-order valence-corrected chi connectivity index (χ1v) is 12.8. The summed E-state index contributed by atoms with van der Waals surface area (Å²) in [6, 6.07) is 12.1. The van der Waals surface area contributed by atoms with Crippen molar-refractivity contribution in [2.24, 2.45) is 17.8 Å². The van der Waals surface area contributed by atoms with Crippen molar-refractivity contribution in [1.29, 1.82) is 0 Å². The van der Waals surface area contributed by atoms with Crippen LogP contribution in [-0.4, -0.2) is 51.3 Å². The zero-order chi connectivity index (χ0) is 26.5. The maximum Gasteiger partial charge on any atom is 0.310 e. The van der Waals surface area contributed by atoms with E-state index in [1.54, 1.807) is 50.6 Å². The Hall–Kier alpha value is -2.97. The van der Waals surface area contributed by atoms with Crippen LogP contribution < -0.4 is 14.8 Å². The van der Waals surface area contributed by atoms with Gasteiger partial charge in [-0.1, -0.05) is 25.1 Å². The van der Waals surface area contributed by atoms with Gasteiger partial charge in [-0.3, -0.25) is 9.59 Å². The van der Waals surface area contributed by atoms with Crippen molar-refractivity contribution in [1.82, 2.24) is 5.32 Å². The van der Waals surface area contributed by atoms with Crippen molar-refractivity contribution >= 4 is 11.8 Å². The van der Waals surface area contributed by atoms with Crippen molar-refractivity contribution in [3.63, 3.8) is 0 Å². The number of Topliss-reactive ketones (excluding diaryl/α,β-unsaturated/α-hetero) is 1. The van der Waals surface area contributed by atoms with E-state index in [0.29, 0.717) is 34.6 Å². The SMILES string of the molecule is COc1ccc(COC(=O)[C@@H](CC(=O)[C@H](C)[C@@H](OC)[C@@H]2C[C@@H]3C[C@@H]3N2)Cc2ccccc2F)c(OC)c1. The Balaban J connectivity index is 1.46. The zero-order valence-corrected chi connectivity index (χ0v) is 21.9. The maximum absolute atomic E-state index is 14.5. The van der Waals surface area contributed by atoms with Gasteiger partial charge in [-0.15, -0.1) is 0 Å². The number of carbonyl (C=O) groups is 2. The molecule has 2 aliphatic rings. The summed E-state index contributed by atoms with van der Waals surface area (Å²) >= 11 is 0. The molecule has 1 aliphatic heterocycles. The number of carbonyl (C=O) groups excluding carboxylic acids is 2. The Bertz CT molecular complexity index is 1100. The van der Waals surface area contributed by atoms with Crippen LogP contribution in [0.1, 0.15) is 37.3 Å². The van der Waals surface area contributed by atoms with Gasteiger partial charge >= 0.3 is 5.97 Å². The average Bonchev–Trinajstić information content (AvgIpc) is 3.52. The Morgan fingerprint density at radius 1 is 1.05 bits per heavy atom. The van der Waals surface area contributed by atoms with Gasteiger partial charge in [-0.25, -0.2) is 4.39 Å². The molecule has 0 aromatic heterocycles. The molecule has 0 radical (unpaired) electrons. The molecular weight excluding hydrogens is 477 g/mol. The van der Waals surface area contributed by atoms with E-state index in [2.05, 4.69) is 5.32 Å². The molecule has 8 heteroatoms. The van der Waals surface area contributed by atoms with Crippen LogP contribution in [0.25, 0.3) is 0 Å². The number of fused-ring (bicyclic) bond motifs is 1. The summed E-state index contributed by atoms with van der Waals surface area (Å²) in [5.41, 5.74) is 1.03. The molecule has 4 rings (SSSR count). The second-order valence-electron chi connectivity index (χ2n) is 10.0. The molecule has 1 saturated carbocycles. The van der Waals surface area contributed by atoms with Crippen molar-refractivity contribution in [3.05, 3.63) is 59.4 Å². The smallest absolute Gasteiger partial charge is 0.310 e. The first-order chi connectivity index (χ1) is 17.8. The predicted octanol–water partition coefficient (Wildman–Crippen LogP) is 4.11. The second-order valence-corrected chi connectivity index (χ2v) is 10.0. The largest absolute Gasteiger partial charge is 0.497 e. The summed E-state index contributed by atoms with van der Waals surface area (Å²) in [6.45, 7) is 1.80. The molecule has 37 heavy (non-hydrogen) atoms. The van der Waals surface area contributed by atoms with Crippen LogP contribution in [-0.2, 0) is 32.1 Å². The lowest BCUT2D eigenvalue weighted by molar-refractivity contribution is -0.152. The third kappa shape index (κ3) is 6.48. The fourth-order valence-electron chi connectivity index (χ4n) is 5.35. The number of ether oxygens (including phenoxy) is 4. The lowest BCUT2D eigenvalue weighted by Crippen LogP contribution is -2.45. The van der Waals surface area contributed by atoms with E-state index in [-0.39, 0.29) is 37.4 Å². The third-order valence-corrected chi connectivity index (χ3v) is 7.65. The van der Waals surface area contributed by atoms with Gasteiger partial charge in [0.15, 0.2) is 0 Å². The second kappa shape index (κ2) is 12.0. The molecule has 0 spiro atoms. The van der Waals surface area contributed by atoms with E-state index < -0.39 is 23.6 Å². The van der Waals surface area contributed by atoms with E-state index in [4.69, 9.17) is 18.9 Å². The number of hydrogen-bond acceptors (Lipinski definition) is 7. The molecule has 200 valence electrons. The van der Waals surface area contributed by atoms with Crippen LogP contribution in [0.4, 0.5) is 4.39 Å². The lowest BCUT2D eigenvalue weighted by atomic mass is 9.85. The van der Waals surface area contributed by atoms with Gasteiger partial charge in [0.25, 0.3) is 0 Å². The normalized spacial score (nSPS) is 22.5. The lowest BCUT2D eigenvalue weighted by Gasteiger charge is -2.29. The molecule has 1 aliphatic carbocycles. The number of methoxy groups -OCH3 is 3. The number of hydrogen-bond donors (Lipinski definition) is 1. The molecular formula is C29H36FNO6. The molecule has 1 heterocycles. The standard InChI is InChI=1S/C29H36FNO6/c1-17(28(36-4)25-13-20-12-24(20)31-25)26(32)14-21(11-18-7-5-6-8-23(18)30)29(33)37-16-19-9-10-22(34-2)15-27(19)35-3/h5-10,15,17,20-21,24-25,28,31H,11-14,16H2,1-4H3/t17-,20-,21+,24-,25-,28+/m0/s1. The van der Waals surface area contributed by atoms with Crippen LogP contribution in [0.15, 0.2) is 42.5 Å². The minimum absolute atomic E-state index is 0.0427. The third-order valence-electron chi connectivity index (χ3n) is 7.65. The van der Waals surface area contributed by atoms with E-state index in [1.807, 2.05) is 6.92 Å². The molecule has 1 saturated heterocycles. The molecule has 0 bridgehead atoms. The summed E-state index contributed by atoms with van der Waals surface area (Å²) in [7, 11) is 4.70. The predicted molar refractivity (Wildman–Crippen MR) is 136 cm³/mol. The summed E-state index contributed by atoms with van der Waals surface area (Å²) in [4.78, 5) is 26.6. The molecule has 7 nitrogen and oxygen atoms in total. The van der Waals surface area contributed by atoms with Gasteiger partial charge < -0.3 is 24.3 Å². The van der Waals surface area contributed by atoms with Gasteiger partial charge in [-0.2, -0.15) is 0 Å². The average molecular weight is 514 g/mol.